The molecule has 2 rings (SSSR count). The van der Waals surface area contributed by atoms with Gasteiger partial charge < -0.3 is 20.1 Å². The molecule has 1 aromatic carbocycles. The first-order valence-corrected chi connectivity index (χ1v) is 7.16. The summed E-state index contributed by atoms with van der Waals surface area (Å²) < 4.78 is 24.8. The fourth-order valence-corrected chi connectivity index (χ4v) is 2.55. The van der Waals surface area contributed by atoms with Crippen LogP contribution in [0.2, 0.25) is 0 Å². The van der Waals surface area contributed by atoms with Gasteiger partial charge in [0, 0.05) is 18.7 Å². The molecule has 1 saturated heterocycles. The van der Waals surface area contributed by atoms with E-state index < -0.39 is 5.82 Å². The molecule has 2 unspecified atom stereocenters. The second kappa shape index (κ2) is 6.31. The Morgan fingerprint density at radius 1 is 1.45 bits per heavy atom. The van der Waals surface area contributed by atoms with Crippen molar-refractivity contribution in [3.8, 4) is 5.75 Å². The third-order valence-corrected chi connectivity index (χ3v) is 3.63. The van der Waals surface area contributed by atoms with Crippen molar-refractivity contribution < 1.29 is 13.9 Å². The van der Waals surface area contributed by atoms with Gasteiger partial charge in [0.05, 0.1) is 36.7 Å². The highest BCUT2D eigenvalue weighted by molar-refractivity contribution is 5.70. The Morgan fingerprint density at radius 2 is 2.20 bits per heavy atom. The minimum absolute atomic E-state index is 0.137. The van der Waals surface area contributed by atoms with Crippen molar-refractivity contribution in [1.29, 1.82) is 0 Å². The number of rotatable bonds is 4. The molecule has 1 fully saturated rings. The molecule has 0 amide bonds. The first kappa shape index (κ1) is 14.9. The number of hydrogen-bond donors (Lipinski definition) is 1. The van der Waals surface area contributed by atoms with Gasteiger partial charge in [0.2, 0.25) is 0 Å². The molecule has 4 nitrogen and oxygen atoms in total. The maximum Gasteiger partial charge on any atom is 0.167 e. The SMILES string of the molecule is CCOc1cc(N2CC(C)OCC2CC)c(N)cc1F. The van der Waals surface area contributed by atoms with Crippen LogP contribution in [0.25, 0.3) is 0 Å². The van der Waals surface area contributed by atoms with Crippen molar-refractivity contribution in [2.75, 3.05) is 30.4 Å². The molecule has 1 aliphatic heterocycles. The van der Waals surface area contributed by atoms with Crippen LogP contribution in [0.3, 0.4) is 0 Å². The van der Waals surface area contributed by atoms with Gasteiger partial charge in [0.1, 0.15) is 0 Å². The summed E-state index contributed by atoms with van der Waals surface area (Å²) in [7, 11) is 0. The molecule has 1 aromatic rings. The van der Waals surface area contributed by atoms with Crippen LogP contribution < -0.4 is 15.4 Å². The molecule has 5 heteroatoms. The largest absolute Gasteiger partial charge is 0.491 e. The number of anilines is 2. The lowest BCUT2D eigenvalue weighted by molar-refractivity contribution is 0.0300. The fourth-order valence-electron chi connectivity index (χ4n) is 2.55. The minimum Gasteiger partial charge on any atom is -0.491 e. The summed E-state index contributed by atoms with van der Waals surface area (Å²) >= 11 is 0. The number of nitrogens with two attached hydrogens (primary N) is 1. The van der Waals surface area contributed by atoms with Crippen LogP contribution in [0.1, 0.15) is 27.2 Å². The molecule has 0 spiro atoms. The van der Waals surface area contributed by atoms with Crippen molar-refractivity contribution in [3.05, 3.63) is 17.9 Å². The number of ether oxygens (including phenoxy) is 2. The second-order valence-electron chi connectivity index (χ2n) is 5.13. The zero-order valence-corrected chi connectivity index (χ0v) is 12.4. The van der Waals surface area contributed by atoms with E-state index in [0.717, 1.165) is 18.7 Å². The topological polar surface area (TPSA) is 47.7 Å². The summed E-state index contributed by atoms with van der Waals surface area (Å²) in [5.41, 5.74) is 7.28. The Labute approximate surface area is 119 Å². The summed E-state index contributed by atoms with van der Waals surface area (Å²) in [5.74, 6) is -0.159. The molecule has 1 aliphatic rings. The average molecular weight is 282 g/mol. The molecule has 20 heavy (non-hydrogen) atoms. The molecule has 0 aliphatic carbocycles. The van der Waals surface area contributed by atoms with E-state index in [-0.39, 0.29) is 17.9 Å². The second-order valence-corrected chi connectivity index (χ2v) is 5.13. The molecular formula is C15H23FN2O2. The lowest BCUT2D eigenvalue weighted by Gasteiger charge is -2.40. The Kier molecular flexibility index (Phi) is 4.70. The van der Waals surface area contributed by atoms with Gasteiger partial charge in [-0.3, -0.25) is 0 Å². The van der Waals surface area contributed by atoms with E-state index in [1.807, 2.05) is 13.8 Å². The van der Waals surface area contributed by atoms with Crippen LogP contribution in [0, 0.1) is 5.82 Å². The normalized spacial score (nSPS) is 22.9. The molecule has 2 N–H and O–H groups in total. The van der Waals surface area contributed by atoms with Gasteiger partial charge in [-0.1, -0.05) is 6.92 Å². The first-order valence-electron chi connectivity index (χ1n) is 7.16. The van der Waals surface area contributed by atoms with Gasteiger partial charge in [0.25, 0.3) is 0 Å². The molecule has 2 atom stereocenters. The van der Waals surface area contributed by atoms with E-state index in [1.54, 1.807) is 6.07 Å². The zero-order chi connectivity index (χ0) is 14.7. The predicted molar refractivity (Wildman–Crippen MR) is 78.8 cm³/mol. The van der Waals surface area contributed by atoms with Gasteiger partial charge in [-0.2, -0.15) is 0 Å². The van der Waals surface area contributed by atoms with Crippen molar-refractivity contribution in [2.24, 2.45) is 0 Å². The summed E-state index contributed by atoms with van der Waals surface area (Å²) in [4.78, 5) is 2.20. The monoisotopic (exact) mass is 282 g/mol. The summed E-state index contributed by atoms with van der Waals surface area (Å²) in [6, 6.07) is 3.30. The van der Waals surface area contributed by atoms with Gasteiger partial charge in [0.15, 0.2) is 11.6 Å². The van der Waals surface area contributed by atoms with Crippen molar-refractivity contribution in [3.63, 3.8) is 0 Å². The summed E-state index contributed by atoms with van der Waals surface area (Å²) in [5, 5.41) is 0. The quantitative estimate of drug-likeness (QED) is 0.863. The molecular weight excluding hydrogens is 259 g/mol. The molecule has 0 saturated carbocycles. The van der Waals surface area contributed by atoms with E-state index in [2.05, 4.69) is 11.8 Å². The Balaban J connectivity index is 2.36. The third kappa shape index (κ3) is 2.98. The Hall–Kier alpha value is -1.49. The maximum atomic E-state index is 13.8. The van der Waals surface area contributed by atoms with E-state index in [1.165, 1.54) is 6.07 Å². The predicted octanol–water partition coefficient (Wildman–Crippen LogP) is 2.81. The van der Waals surface area contributed by atoms with Gasteiger partial charge in [-0.15, -0.1) is 0 Å². The van der Waals surface area contributed by atoms with Gasteiger partial charge in [-0.05, 0) is 20.3 Å². The number of halogens is 1. The highest BCUT2D eigenvalue weighted by atomic mass is 19.1. The number of nitrogen functional groups attached to an aromatic ring is 1. The summed E-state index contributed by atoms with van der Waals surface area (Å²) in [6.07, 6.45) is 1.09. The van der Waals surface area contributed by atoms with Crippen LogP contribution in [-0.4, -0.2) is 31.9 Å². The van der Waals surface area contributed by atoms with Crippen LogP contribution in [0.15, 0.2) is 12.1 Å². The Bertz CT molecular complexity index is 467. The van der Waals surface area contributed by atoms with Crippen molar-refractivity contribution in [2.45, 2.75) is 39.3 Å². The number of morpholine rings is 1. The van der Waals surface area contributed by atoms with Crippen molar-refractivity contribution >= 4 is 11.4 Å². The molecule has 112 valence electrons. The molecule has 1 heterocycles. The van der Waals surface area contributed by atoms with E-state index in [9.17, 15) is 4.39 Å². The van der Waals surface area contributed by atoms with Crippen LogP contribution in [0.5, 0.6) is 5.75 Å². The van der Waals surface area contributed by atoms with E-state index >= 15 is 0 Å². The van der Waals surface area contributed by atoms with Gasteiger partial charge >= 0.3 is 0 Å². The number of hydrogen-bond acceptors (Lipinski definition) is 4. The lowest BCUT2D eigenvalue weighted by atomic mass is 10.1. The van der Waals surface area contributed by atoms with Gasteiger partial charge in [-0.25, -0.2) is 4.39 Å². The first-order chi connectivity index (χ1) is 9.56. The fraction of sp³-hybridized carbons (Fsp3) is 0.600. The molecule has 0 aromatic heterocycles. The Morgan fingerprint density at radius 3 is 2.85 bits per heavy atom. The summed E-state index contributed by atoms with van der Waals surface area (Å²) in [6.45, 7) is 7.82. The number of nitrogens with zero attached hydrogens (tertiary/aromatic N) is 1. The zero-order valence-electron chi connectivity index (χ0n) is 12.4. The van der Waals surface area contributed by atoms with E-state index in [0.29, 0.717) is 18.9 Å². The minimum atomic E-state index is -0.414. The lowest BCUT2D eigenvalue weighted by Crippen LogP contribution is -2.49. The van der Waals surface area contributed by atoms with Crippen LogP contribution >= 0.6 is 0 Å². The van der Waals surface area contributed by atoms with Crippen LogP contribution in [-0.2, 0) is 4.74 Å². The average Bonchev–Trinajstić information content (AvgIpc) is 2.42. The smallest absolute Gasteiger partial charge is 0.167 e. The third-order valence-electron chi connectivity index (χ3n) is 3.63. The highest BCUT2D eigenvalue weighted by Gasteiger charge is 2.27. The van der Waals surface area contributed by atoms with Crippen molar-refractivity contribution in [1.82, 2.24) is 0 Å². The van der Waals surface area contributed by atoms with E-state index in [4.69, 9.17) is 15.2 Å². The molecule has 0 bridgehead atoms. The maximum absolute atomic E-state index is 13.8. The van der Waals surface area contributed by atoms with Crippen LogP contribution in [0.4, 0.5) is 15.8 Å². The number of benzene rings is 1. The molecule has 0 radical (unpaired) electrons. The highest BCUT2D eigenvalue weighted by Crippen LogP contribution is 2.34. The standard InChI is InChI=1S/C15H23FN2O2/c1-4-11-9-20-10(3)8-18(11)14-7-15(19-5-2)12(16)6-13(14)17/h6-7,10-11H,4-5,8-9,17H2,1-3H3.